The maximum Gasteiger partial charge on any atom is 0.184 e. The summed E-state index contributed by atoms with van der Waals surface area (Å²) in [6, 6.07) is 7.05. The van der Waals surface area contributed by atoms with Crippen LogP contribution in [0.3, 0.4) is 0 Å². The smallest absolute Gasteiger partial charge is 0.184 e. The summed E-state index contributed by atoms with van der Waals surface area (Å²) >= 11 is 1.77. The zero-order valence-corrected chi connectivity index (χ0v) is 11.9. The first kappa shape index (κ1) is 12.0. The summed E-state index contributed by atoms with van der Waals surface area (Å²) in [5.41, 5.74) is 2.41. The molecule has 3 rings (SSSR count). The van der Waals surface area contributed by atoms with Crippen LogP contribution in [-0.2, 0) is 0 Å². The molecular weight excluding hydrogens is 240 g/mol. The van der Waals surface area contributed by atoms with Gasteiger partial charge in [-0.25, -0.2) is 4.98 Å². The minimum Gasteiger partial charge on any atom is -0.359 e. The zero-order chi connectivity index (χ0) is 12.5. The number of aromatic nitrogens is 1. The Bertz CT molecular complexity index is 540. The van der Waals surface area contributed by atoms with Crippen LogP contribution in [0, 0.1) is 12.8 Å². The van der Waals surface area contributed by atoms with Gasteiger partial charge in [0.15, 0.2) is 5.13 Å². The summed E-state index contributed by atoms with van der Waals surface area (Å²) in [6.45, 7) is 4.42. The van der Waals surface area contributed by atoms with Crippen LogP contribution in [0.4, 0.5) is 5.13 Å². The Balaban J connectivity index is 1.77. The van der Waals surface area contributed by atoms with E-state index in [0.29, 0.717) is 6.04 Å². The lowest BCUT2D eigenvalue weighted by Gasteiger charge is -2.19. The van der Waals surface area contributed by atoms with Crippen LogP contribution in [0.5, 0.6) is 0 Å². The summed E-state index contributed by atoms with van der Waals surface area (Å²) in [5, 5.41) is 4.68. The monoisotopic (exact) mass is 260 g/mol. The Kier molecular flexibility index (Phi) is 3.25. The molecule has 1 unspecified atom stereocenters. The molecule has 0 amide bonds. The standard InChI is InChI=1S/C15H20N2S/c1-10-7-8-14-13(9-10)17-15(18-14)16-11(2)12-5-3-4-6-12/h7-9,11-12H,3-6H2,1-2H3,(H,16,17). The van der Waals surface area contributed by atoms with Crippen LogP contribution in [0.15, 0.2) is 18.2 Å². The van der Waals surface area contributed by atoms with Crippen molar-refractivity contribution >= 4 is 26.7 Å². The van der Waals surface area contributed by atoms with Crippen LogP contribution in [0.2, 0.25) is 0 Å². The summed E-state index contributed by atoms with van der Waals surface area (Å²) in [4.78, 5) is 4.69. The number of nitrogens with one attached hydrogen (secondary N) is 1. The molecule has 1 aromatic carbocycles. The SMILES string of the molecule is Cc1ccc2sc(NC(C)C3CCCC3)nc2c1. The summed E-state index contributed by atoms with van der Waals surface area (Å²) in [6.07, 6.45) is 5.54. The first-order valence-electron chi connectivity index (χ1n) is 6.86. The van der Waals surface area contributed by atoms with E-state index in [0.717, 1.165) is 16.6 Å². The summed E-state index contributed by atoms with van der Waals surface area (Å²) < 4.78 is 1.28. The van der Waals surface area contributed by atoms with Crippen molar-refractivity contribution < 1.29 is 0 Å². The van der Waals surface area contributed by atoms with E-state index in [9.17, 15) is 0 Å². The molecule has 1 aromatic heterocycles. The number of rotatable bonds is 3. The van der Waals surface area contributed by atoms with E-state index in [1.807, 2.05) is 0 Å². The van der Waals surface area contributed by atoms with Gasteiger partial charge in [0.05, 0.1) is 10.2 Å². The molecule has 0 aliphatic heterocycles. The van der Waals surface area contributed by atoms with Gasteiger partial charge in [0.2, 0.25) is 0 Å². The molecule has 0 spiro atoms. The molecule has 1 aliphatic carbocycles. The number of hydrogen-bond acceptors (Lipinski definition) is 3. The van der Waals surface area contributed by atoms with E-state index in [-0.39, 0.29) is 0 Å². The molecule has 1 aliphatic rings. The fourth-order valence-electron chi connectivity index (χ4n) is 2.87. The Labute approximate surface area is 112 Å². The average Bonchev–Trinajstić information content (AvgIpc) is 2.95. The lowest BCUT2D eigenvalue weighted by Crippen LogP contribution is -2.23. The van der Waals surface area contributed by atoms with Gasteiger partial charge in [0.25, 0.3) is 0 Å². The second-order valence-corrected chi connectivity index (χ2v) is 6.50. The van der Waals surface area contributed by atoms with E-state index in [2.05, 4.69) is 37.4 Å². The van der Waals surface area contributed by atoms with Crippen LogP contribution >= 0.6 is 11.3 Å². The predicted molar refractivity (Wildman–Crippen MR) is 79.4 cm³/mol. The van der Waals surface area contributed by atoms with Gasteiger partial charge in [0.1, 0.15) is 0 Å². The topological polar surface area (TPSA) is 24.9 Å². The van der Waals surface area contributed by atoms with Crippen molar-refractivity contribution in [3.8, 4) is 0 Å². The molecule has 96 valence electrons. The van der Waals surface area contributed by atoms with Gasteiger partial charge in [-0.3, -0.25) is 0 Å². The molecule has 1 heterocycles. The first-order chi connectivity index (χ1) is 8.72. The highest BCUT2D eigenvalue weighted by Gasteiger charge is 2.22. The third-order valence-electron chi connectivity index (χ3n) is 4.00. The zero-order valence-electron chi connectivity index (χ0n) is 11.1. The van der Waals surface area contributed by atoms with Gasteiger partial charge in [-0.15, -0.1) is 0 Å². The maximum absolute atomic E-state index is 4.69. The van der Waals surface area contributed by atoms with Crippen LogP contribution in [0.1, 0.15) is 38.2 Å². The highest BCUT2D eigenvalue weighted by Crippen LogP contribution is 2.32. The number of benzene rings is 1. The summed E-state index contributed by atoms with van der Waals surface area (Å²) in [5.74, 6) is 0.832. The maximum atomic E-state index is 4.69. The van der Waals surface area contributed by atoms with Gasteiger partial charge in [-0.2, -0.15) is 0 Å². The molecule has 1 N–H and O–H groups in total. The van der Waals surface area contributed by atoms with E-state index in [1.54, 1.807) is 11.3 Å². The van der Waals surface area contributed by atoms with Crippen molar-refractivity contribution in [2.45, 2.75) is 45.6 Å². The quantitative estimate of drug-likeness (QED) is 0.872. The Hall–Kier alpha value is -1.09. The average molecular weight is 260 g/mol. The van der Waals surface area contributed by atoms with Gasteiger partial charge >= 0.3 is 0 Å². The van der Waals surface area contributed by atoms with E-state index in [4.69, 9.17) is 4.98 Å². The van der Waals surface area contributed by atoms with Crippen molar-refractivity contribution in [1.29, 1.82) is 0 Å². The van der Waals surface area contributed by atoms with Gasteiger partial charge in [-0.1, -0.05) is 30.2 Å². The first-order valence-corrected chi connectivity index (χ1v) is 7.68. The minimum absolute atomic E-state index is 0.550. The molecule has 18 heavy (non-hydrogen) atoms. The fourth-order valence-corrected chi connectivity index (χ4v) is 3.81. The van der Waals surface area contributed by atoms with Crippen molar-refractivity contribution in [2.24, 2.45) is 5.92 Å². The van der Waals surface area contributed by atoms with E-state index < -0.39 is 0 Å². The summed E-state index contributed by atoms with van der Waals surface area (Å²) in [7, 11) is 0. The second kappa shape index (κ2) is 4.88. The Morgan fingerprint density at radius 3 is 2.89 bits per heavy atom. The largest absolute Gasteiger partial charge is 0.359 e. The molecule has 3 heteroatoms. The number of aryl methyl sites for hydroxylation is 1. The lowest BCUT2D eigenvalue weighted by molar-refractivity contribution is 0.482. The highest BCUT2D eigenvalue weighted by atomic mass is 32.1. The normalized spacial score (nSPS) is 18.3. The molecule has 0 bridgehead atoms. The molecule has 1 saturated carbocycles. The van der Waals surface area contributed by atoms with E-state index in [1.165, 1.54) is 35.9 Å². The fraction of sp³-hybridized carbons (Fsp3) is 0.533. The van der Waals surface area contributed by atoms with Crippen molar-refractivity contribution in [2.75, 3.05) is 5.32 Å². The van der Waals surface area contributed by atoms with Crippen molar-refractivity contribution in [1.82, 2.24) is 4.98 Å². The molecule has 1 atom stereocenters. The predicted octanol–water partition coefficient (Wildman–Crippen LogP) is 4.60. The lowest BCUT2D eigenvalue weighted by atomic mass is 10.0. The number of thiazole rings is 1. The van der Waals surface area contributed by atoms with Crippen molar-refractivity contribution in [3.63, 3.8) is 0 Å². The van der Waals surface area contributed by atoms with E-state index >= 15 is 0 Å². The van der Waals surface area contributed by atoms with Gasteiger partial charge in [0, 0.05) is 6.04 Å². The van der Waals surface area contributed by atoms with Crippen LogP contribution in [-0.4, -0.2) is 11.0 Å². The molecular formula is C15H20N2S. The Morgan fingerprint density at radius 2 is 2.11 bits per heavy atom. The number of nitrogens with zero attached hydrogens (tertiary/aromatic N) is 1. The molecule has 0 radical (unpaired) electrons. The van der Waals surface area contributed by atoms with Crippen molar-refractivity contribution in [3.05, 3.63) is 23.8 Å². The molecule has 2 aromatic rings. The Morgan fingerprint density at radius 1 is 1.33 bits per heavy atom. The van der Waals surface area contributed by atoms with Gasteiger partial charge in [-0.05, 0) is 50.3 Å². The third-order valence-corrected chi connectivity index (χ3v) is 4.97. The molecule has 2 nitrogen and oxygen atoms in total. The molecule has 0 saturated heterocycles. The molecule has 1 fully saturated rings. The third kappa shape index (κ3) is 2.37. The number of hydrogen-bond donors (Lipinski definition) is 1. The highest BCUT2D eigenvalue weighted by molar-refractivity contribution is 7.22. The van der Waals surface area contributed by atoms with Crippen LogP contribution in [0.25, 0.3) is 10.2 Å². The van der Waals surface area contributed by atoms with Gasteiger partial charge < -0.3 is 5.32 Å². The minimum atomic E-state index is 0.550. The number of anilines is 1. The second-order valence-electron chi connectivity index (χ2n) is 5.47. The number of fused-ring (bicyclic) bond motifs is 1. The van der Waals surface area contributed by atoms with Crippen LogP contribution < -0.4 is 5.32 Å².